The highest BCUT2D eigenvalue weighted by Gasteiger charge is 2.23. The molecule has 0 bridgehead atoms. The Kier molecular flexibility index (Phi) is 7.40. The molecule has 1 aromatic heterocycles. The summed E-state index contributed by atoms with van der Waals surface area (Å²) in [5.41, 5.74) is 1.84. The van der Waals surface area contributed by atoms with Gasteiger partial charge in [-0.2, -0.15) is 0 Å². The molecule has 0 aliphatic carbocycles. The molecular formula is C29H29N3O3S. The van der Waals surface area contributed by atoms with E-state index < -0.39 is 5.41 Å². The van der Waals surface area contributed by atoms with Gasteiger partial charge in [-0.05, 0) is 35.9 Å². The van der Waals surface area contributed by atoms with Gasteiger partial charge in [-0.25, -0.2) is 4.98 Å². The Bertz CT molecular complexity index is 1460. The minimum absolute atomic E-state index is 0.0629. The first-order chi connectivity index (χ1) is 17.1. The average Bonchev–Trinajstić information content (AvgIpc) is 2.87. The van der Waals surface area contributed by atoms with Crippen LogP contribution >= 0.6 is 11.8 Å². The Hall–Kier alpha value is -3.71. The van der Waals surface area contributed by atoms with Crippen LogP contribution in [-0.2, 0) is 11.3 Å². The van der Waals surface area contributed by atoms with E-state index in [9.17, 15) is 14.4 Å². The van der Waals surface area contributed by atoms with Crippen LogP contribution in [0.1, 0.15) is 36.7 Å². The summed E-state index contributed by atoms with van der Waals surface area (Å²) in [6, 6.07) is 24.0. The third kappa shape index (κ3) is 5.57. The molecule has 7 heteroatoms. The van der Waals surface area contributed by atoms with Gasteiger partial charge in [-0.3, -0.25) is 19.0 Å². The summed E-state index contributed by atoms with van der Waals surface area (Å²) < 4.78 is 1.53. The van der Waals surface area contributed by atoms with E-state index in [1.54, 1.807) is 30.1 Å². The zero-order valence-corrected chi connectivity index (χ0v) is 21.7. The van der Waals surface area contributed by atoms with Crippen molar-refractivity contribution in [1.29, 1.82) is 0 Å². The molecule has 1 amide bonds. The number of fused-ring (bicyclic) bond motifs is 1. The average molecular weight is 500 g/mol. The quantitative estimate of drug-likeness (QED) is 0.253. The SMILES string of the molecule is CN(Cc1ccccc1)C(=O)c1ccc2c(=O)n(-c3ccccc3)c(SCC(=O)C(C)(C)C)nc2c1. The van der Waals surface area contributed by atoms with Crippen LogP contribution in [0.4, 0.5) is 0 Å². The number of amides is 1. The topological polar surface area (TPSA) is 72.3 Å². The van der Waals surface area contributed by atoms with Crippen molar-refractivity contribution < 1.29 is 9.59 Å². The lowest BCUT2D eigenvalue weighted by molar-refractivity contribution is -0.123. The number of nitrogens with zero attached hydrogens (tertiary/aromatic N) is 3. The number of Topliss-reactive ketones (excluding diaryl/α,β-unsaturated/α-hetero) is 1. The van der Waals surface area contributed by atoms with Gasteiger partial charge in [0.1, 0.15) is 5.78 Å². The first-order valence-corrected chi connectivity index (χ1v) is 12.7. The maximum atomic E-state index is 13.6. The Morgan fingerprint density at radius 1 is 0.944 bits per heavy atom. The first-order valence-electron chi connectivity index (χ1n) is 11.7. The van der Waals surface area contributed by atoms with Crippen molar-refractivity contribution in [3.05, 3.63) is 100 Å². The number of carbonyl (C=O) groups is 2. The molecule has 0 spiro atoms. The second-order valence-electron chi connectivity index (χ2n) is 9.71. The van der Waals surface area contributed by atoms with Gasteiger partial charge in [0.2, 0.25) is 0 Å². The number of aromatic nitrogens is 2. The number of carbonyl (C=O) groups excluding carboxylic acids is 2. The summed E-state index contributed by atoms with van der Waals surface area (Å²) in [5.74, 6) is 0.0898. The molecule has 0 aliphatic rings. The highest BCUT2D eigenvalue weighted by atomic mass is 32.2. The third-order valence-corrected chi connectivity index (χ3v) is 6.82. The monoisotopic (exact) mass is 499 g/mol. The van der Waals surface area contributed by atoms with Gasteiger partial charge in [0.05, 0.1) is 22.3 Å². The van der Waals surface area contributed by atoms with E-state index in [2.05, 4.69) is 0 Å². The molecule has 1 heterocycles. The molecule has 184 valence electrons. The molecule has 0 N–H and O–H groups in total. The van der Waals surface area contributed by atoms with Gasteiger partial charge in [-0.15, -0.1) is 0 Å². The summed E-state index contributed by atoms with van der Waals surface area (Å²) in [6.07, 6.45) is 0. The fraction of sp³-hybridized carbons (Fsp3) is 0.241. The van der Waals surface area contributed by atoms with Crippen molar-refractivity contribution in [2.75, 3.05) is 12.8 Å². The molecule has 0 saturated heterocycles. The number of ketones is 1. The molecule has 3 aromatic carbocycles. The zero-order valence-electron chi connectivity index (χ0n) is 20.9. The van der Waals surface area contributed by atoms with Gasteiger partial charge < -0.3 is 4.90 Å². The molecule has 0 radical (unpaired) electrons. The molecule has 6 nitrogen and oxygen atoms in total. The number of benzene rings is 3. The molecule has 0 unspecified atom stereocenters. The van der Waals surface area contributed by atoms with Crippen molar-refractivity contribution >= 4 is 34.4 Å². The second-order valence-corrected chi connectivity index (χ2v) is 10.7. The molecule has 0 aliphatic heterocycles. The molecular weight excluding hydrogens is 470 g/mol. The normalized spacial score (nSPS) is 11.4. The van der Waals surface area contributed by atoms with Crippen molar-refractivity contribution in [3.63, 3.8) is 0 Å². The Morgan fingerprint density at radius 2 is 1.58 bits per heavy atom. The molecule has 0 atom stereocenters. The lowest BCUT2D eigenvalue weighted by Crippen LogP contribution is -2.27. The van der Waals surface area contributed by atoms with E-state index in [1.807, 2.05) is 81.4 Å². The fourth-order valence-electron chi connectivity index (χ4n) is 3.70. The van der Waals surface area contributed by atoms with Crippen molar-refractivity contribution in [2.24, 2.45) is 5.41 Å². The maximum Gasteiger partial charge on any atom is 0.266 e. The molecule has 36 heavy (non-hydrogen) atoms. The summed E-state index contributed by atoms with van der Waals surface area (Å²) in [5, 5.41) is 0.825. The number of para-hydroxylation sites is 1. The molecule has 0 fully saturated rings. The van der Waals surface area contributed by atoms with Crippen molar-refractivity contribution in [1.82, 2.24) is 14.5 Å². The van der Waals surface area contributed by atoms with Gasteiger partial charge in [-0.1, -0.05) is 81.1 Å². The number of hydrogen-bond donors (Lipinski definition) is 0. The summed E-state index contributed by atoms with van der Waals surface area (Å²) in [4.78, 5) is 45.7. The summed E-state index contributed by atoms with van der Waals surface area (Å²) in [7, 11) is 1.75. The van der Waals surface area contributed by atoms with E-state index in [4.69, 9.17) is 4.98 Å². The number of hydrogen-bond acceptors (Lipinski definition) is 5. The van der Waals surface area contributed by atoms with E-state index in [0.717, 1.165) is 5.56 Å². The lowest BCUT2D eigenvalue weighted by atomic mass is 9.92. The maximum absolute atomic E-state index is 13.6. The molecule has 0 saturated carbocycles. The van der Waals surface area contributed by atoms with Crippen LogP contribution in [-0.4, -0.2) is 38.9 Å². The van der Waals surface area contributed by atoms with Crippen LogP contribution in [0.2, 0.25) is 0 Å². The van der Waals surface area contributed by atoms with E-state index >= 15 is 0 Å². The predicted octanol–water partition coefficient (Wildman–Crippen LogP) is 5.37. The van der Waals surface area contributed by atoms with Gasteiger partial charge >= 0.3 is 0 Å². The van der Waals surface area contributed by atoms with Crippen LogP contribution in [0.25, 0.3) is 16.6 Å². The minimum Gasteiger partial charge on any atom is -0.337 e. The zero-order chi connectivity index (χ0) is 25.9. The van der Waals surface area contributed by atoms with Gasteiger partial charge in [0, 0.05) is 24.6 Å². The lowest BCUT2D eigenvalue weighted by Gasteiger charge is -2.19. The van der Waals surface area contributed by atoms with Crippen LogP contribution in [0.5, 0.6) is 0 Å². The smallest absolute Gasteiger partial charge is 0.266 e. The number of thioether (sulfide) groups is 1. The van der Waals surface area contributed by atoms with Crippen molar-refractivity contribution in [2.45, 2.75) is 32.5 Å². The van der Waals surface area contributed by atoms with Crippen LogP contribution in [0, 0.1) is 5.41 Å². The Morgan fingerprint density at radius 3 is 2.22 bits per heavy atom. The highest BCUT2D eigenvalue weighted by Crippen LogP contribution is 2.25. The summed E-state index contributed by atoms with van der Waals surface area (Å²) in [6.45, 7) is 6.09. The fourth-order valence-corrected chi connectivity index (χ4v) is 4.87. The van der Waals surface area contributed by atoms with Crippen LogP contribution in [0.15, 0.2) is 88.8 Å². The van der Waals surface area contributed by atoms with Gasteiger partial charge in [0.25, 0.3) is 11.5 Å². The minimum atomic E-state index is -0.495. The molecule has 4 rings (SSSR count). The van der Waals surface area contributed by atoms with Crippen molar-refractivity contribution in [3.8, 4) is 5.69 Å². The number of rotatable bonds is 7. The Balaban J connectivity index is 1.74. The standard InChI is InChI=1S/C29H29N3O3S/c1-29(2,3)25(33)19-36-28-30-24-17-21(26(34)31(4)18-20-11-7-5-8-12-20)15-16-23(24)27(35)32(28)22-13-9-6-10-14-22/h5-17H,18-19H2,1-4H3. The largest absolute Gasteiger partial charge is 0.337 e. The highest BCUT2D eigenvalue weighted by molar-refractivity contribution is 7.99. The second kappa shape index (κ2) is 10.5. The first kappa shape index (κ1) is 25.4. The Labute approximate surface area is 215 Å². The van der Waals surface area contributed by atoms with E-state index in [-0.39, 0.29) is 23.0 Å². The predicted molar refractivity (Wildman–Crippen MR) is 145 cm³/mol. The summed E-state index contributed by atoms with van der Waals surface area (Å²) >= 11 is 1.24. The van der Waals surface area contributed by atoms with Crippen LogP contribution in [0.3, 0.4) is 0 Å². The third-order valence-electron chi connectivity index (χ3n) is 5.88. The van der Waals surface area contributed by atoms with E-state index in [0.29, 0.717) is 33.9 Å². The van der Waals surface area contributed by atoms with Gasteiger partial charge in [0.15, 0.2) is 5.16 Å². The van der Waals surface area contributed by atoms with E-state index in [1.165, 1.54) is 16.3 Å². The molecule has 4 aromatic rings. The van der Waals surface area contributed by atoms with Crippen LogP contribution < -0.4 is 5.56 Å².